The molecule has 0 saturated carbocycles. The second kappa shape index (κ2) is 3.93. The molecule has 0 atom stereocenters. The highest BCUT2D eigenvalue weighted by Gasteiger charge is 2.36. The van der Waals surface area contributed by atoms with Gasteiger partial charge in [-0.2, -0.15) is 12.6 Å². The van der Waals surface area contributed by atoms with Crippen molar-refractivity contribution in [3.05, 3.63) is 28.2 Å². The molecule has 0 unspecified atom stereocenters. The number of ether oxygens (including phenoxy) is 1. The fourth-order valence-electron chi connectivity index (χ4n) is 1.33. The first-order chi connectivity index (χ1) is 6.65. The lowest BCUT2D eigenvalue weighted by Crippen LogP contribution is -2.41. The molecule has 0 amide bonds. The fourth-order valence-corrected chi connectivity index (χ4v) is 2.54. The summed E-state index contributed by atoms with van der Waals surface area (Å²) < 4.78 is 16.5. The van der Waals surface area contributed by atoms with Gasteiger partial charge >= 0.3 is 0 Å². The smallest absolute Gasteiger partial charge is 0.193 e. The standard InChI is InChI=1S/C9H8BrO2PS/c10-7-3-6(1-2-8(7)13-11)9(14)4-12-5-9/h1-3,14H,4-5H2. The first-order valence-electron chi connectivity index (χ1n) is 4.09. The van der Waals surface area contributed by atoms with Crippen LogP contribution in [0, 0.1) is 0 Å². The minimum Gasteiger partial charge on any atom is -0.378 e. The molecule has 0 bridgehead atoms. The van der Waals surface area contributed by atoms with E-state index in [1.807, 2.05) is 18.2 Å². The second-order valence-corrected chi connectivity index (χ2v) is 5.66. The summed E-state index contributed by atoms with van der Waals surface area (Å²) in [4.78, 5) is 0. The predicted molar refractivity (Wildman–Crippen MR) is 62.9 cm³/mol. The molecule has 2 rings (SSSR count). The lowest BCUT2D eigenvalue weighted by molar-refractivity contribution is -0.00970. The number of hydrogen-bond acceptors (Lipinski definition) is 3. The van der Waals surface area contributed by atoms with Crippen LogP contribution in [0.25, 0.3) is 0 Å². The maximum Gasteiger partial charge on any atom is 0.193 e. The van der Waals surface area contributed by atoms with Crippen LogP contribution < -0.4 is 5.30 Å². The highest BCUT2D eigenvalue weighted by Crippen LogP contribution is 2.36. The van der Waals surface area contributed by atoms with E-state index in [2.05, 4.69) is 28.6 Å². The second-order valence-electron chi connectivity index (χ2n) is 3.28. The van der Waals surface area contributed by atoms with Crippen LogP contribution in [0.3, 0.4) is 0 Å². The van der Waals surface area contributed by atoms with Gasteiger partial charge in [-0.1, -0.05) is 6.07 Å². The Morgan fingerprint density at radius 2 is 2.21 bits per heavy atom. The molecule has 1 aromatic rings. The Morgan fingerprint density at radius 1 is 1.50 bits per heavy atom. The predicted octanol–water partition coefficient (Wildman–Crippen LogP) is 2.52. The normalized spacial score (nSPS) is 19.3. The minimum absolute atomic E-state index is 0.0308. The van der Waals surface area contributed by atoms with Gasteiger partial charge in [-0.05, 0) is 33.6 Å². The number of hydrogen-bond donors (Lipinski definition) is 1. The van der Waals surface area contributed by atoms with Crippen molar-refractivity contribution in [1.29, 1.82) is 0 Å². The summed E-state index contributed by atoms with van der Waals surface area (Å²) in [6.07, 6.45) is 0. The molecule has 2 nitrogen and oxygen atoms in total. The summed E-state index contributed by atoms with van der Waals surface area (Å²) in [5, 5.41) is 0.755. The number of rotatable bonds is 2. The lowest BCUT2D eigenvalue weighted by atomic mass is 9.96. The van der Waals surface area contributed by atoms with E-state index in [9.17, 15) is 4.57 Å². The number of thiol groups is 1. The molecule has 1 fully saturated rings. The molecule has 0 radical (unpaired) electrons. The average Bonchev–Trinajstić information content (AvgIpc) is 2.14. The van der Waals surface area contributed by atoms with Crippen LogP contribution >= 0.6 is 37.0 Å². The van der Waals surface area contributed by atoms with E-state index in [-0.39, 0.29) is 13.2 Å². The van der Waals surface area contributed by atoms with Crippen LogP contribution in [0.2, 0.25) is 0 Å². The van der Waals surface area contributed by atoms with E-state index in [1.54, 1.807) is 0 Å². The van der Waals surface area contributed by atoms with E-state index < -0.39 is 0 Å². The number of halogens is 1. The Kier molecular flexibility index (Phi) is 2.98. The van der Waals surface area contributed by atoms with Crippen LogP contribution in [-0.2, 0) is 14.0 Å². The van der Waals surface area contributed by atoms with Crippen molar-refractivity contribution in [1.82, 2.24) is 0 Å². The number of benzene rings is 1. The molecule has 1 aliphatic heterocycles. The Labute approximate surface area is 97.8 Å². The molecule has 0 aliphatic carbocycles. The first kappa shape index (κ1) is 10.6. The summed E-state index contributed by atoms with van der Waals surface area (Å²) in [6.45, 7) is 1.27. The van der Waals surface area contributed by atoms with Crippen molar-refractivity contribution < 1.29 is 9.30 Å². The molecule has 0 spiro atoms. The highest BCUT2D eigenvalue weighted by molar-refractivity contribution is 9.10. The summed E-state index contributed by atoms with van der Waals surface area (Å²) in [6, 6.07) is 5.74. The van der Waals surface area contributed by atoms with Crippen molar-refractivity contribution in [3.63, 3.8) is 0 Å². The maximum atomic E-state index is 10.7. The monoisotopic (exact) mass is 290 g/mol. The fraction of sp³-hybridized carbons (Fsp3) is 0.333. The third-order valence-electron chi connectivity index (χ3n) is 2.27. The van der Waals surface area contributed by atoms with Crippen molar-refractivity contribution in [3.8, 4) is 0 Å². The highest BCUT2D eigenvalue weighted by atomic mass is 79.9. The molecule has 14 heavy (non-hydrogen) atoms. The Balaban J connectivity index is 2.37. The molecular formula is C9H8BrO2PS. The van der Waals surface area contributed by atoms with Gasteiger partial charge in [-0.25, -0.2) is 0 Å². The van der Waals surface area contributed by atoms with Gasteiger partial charge in [0.1, 0.15) is 0 Å². The molecule has 0 N–H and O–H groups in total. The summed E-state index contributed by atoms with van der Waals surface area (Å²) >= 11 is 7.92. The van der Waals surface area contributed by atoms with Gasteiger partial charge in [0.15, 0.2) is 8.46 Å². The zero-order chi connectivity index (χ0) is 10.2. The topological polar surface area (TPSA) is 26.3 Å². The van der Waals surface area contributed by atoms with Gasteiger partial charge in [0.2, 0.25) is 0 Å². The average molecular weight is 291 g/mol. The van der Waals surface area contributed by atoms with Crippen molar-refractivity contribution in [2.75, 3.05) is 13.2 Å². The van der Waals surface area contributed by atoms with Crippen LogP contribution in [0.5, 0.6) is 0 Å². The molecule has 74 valence electrons. The Morgan fingerprint density at radius 3 is 2.64 bits per heavy atom. The van der Waals surface area contributed by atoms with Crippen molar-refractivity contribution in [2.24, 2.45) is 0 Å². The Bertz CT molecular complexity index is 379. The zero-order valence-electron chi connectivity index (χ0n) is 7.24. The van der Waals surface area contributed by atoms with E-state index in [4.69, 9.17) is 4.74 Å². The van der Waals surface area contributed by atoms with Gasteiger partial charge < -0.3 is 4.74 Å². The molecule has 1 aromatic carbocycles. The zero-order valence-corrected chi connectivity index (χ0v) is 10.6. The van der Waals surface area contributed by atoms with E-state index in [0.717, 1.165) is 15.3 Å². The molecule has 1 heterocycles. The van der Waals surface area contributed by atoms with E-state index in [1.165, 1.54) is 0 Å². The summed E-state index contributed by atoms with van der Waals surface area (Å²) in [5.74, 6) is 0. The molecule has 1 aliphatic rings. The third kappa shape index (κ3) is 1.76. The largest absolute Gasteiger partial charge is 0.378 e. The van der Waals surface area contributed by atoms with Gasteiger partial charge in [0.05, 0.1) is 23.3 Å². The van der Waals surface area contributed by atoms with Gasteiger partial charge in [0.25, 0.3) is 0 Å². The molecule has 1 saturated heterocycles. The van der Waals surface area contributed by atoms with Crippen molar-refractivity contribution >= 4 is 42.3 Å². The first-order valence-corrected chi connectivity index (χ1v) is 6.14. The SMILES string of the molecule is O=Pc1ccc(C2(S)COC2)cc1Br. The van der Waals surface area contributed by atoms with Gasteiger partial charge in [0, 0.05) is 4.47 Å². The molecular weight excluding hydrogens is 283 g/mol. The molecule has 0 aromatic heterocycles. The quantitative estimate of drug-likeness (QED) is 0.669. The van der Waals surface area contributed by atoms with Crippen LogP contribution in [0.1, 0.15) is 5.56 Å². The summed E-state index contributed by atoms with van der Waals surface area (Å²) in [5.41, 5.74) is 1.10. The lowest BCUT2D eigenvalue weighted by Gasteiger charge is -2.37. The minimum atomic E-state index is -0.166. The van der Waals surface area contributed by atoms with Gasteiger partial charge in [-0.15, -0.1) is 0 Å². The third-order valence-corrected chi connectivity index (χ3v) is 4.33. The maximum absolute atomic E-state index is 10.7. The van der Waals surface area contributed by atoms with Crippen LogP contribution in [-0.4, -0.2) is 13.2 Å². The van der Waals surface area contributed by atoms with E-state index >= 15 is 0 Å². The Hall–Kier alpha value is 0.110. The molecule has 5 heteroatoms. The van der Waals surface area contributed by atoms with Crippen LogP contribution in [0.4, 0.5) is 0 Å². The summed E-state index contributed by atoms with van der Waals surface area (Å²) in [7, 11) is 0.0308. The van der Waals surface area contributed by atoms with Crippen molar-refractivity contribution in [2.45, 2.75) is 4.75 Å². The van der Waals surface area contributed by atoms with Gasteiger partial charge in [-0.3, -0.25) is 4.57 Å². The van der Waals surface area contributed by atoms with E-state index in [0.29, 0.717) is 13.2 Å². The van der Waals surface area contributed by atoms with Crippen LogP contribution in [0.15, 0.2) is 22.7 Å².